The first kappa shape index (κ1) is 20.0. The highest BCUT2D eigenvalue weighted by Gasteiger charge is 2.30. The van der Waals surface area contributed by atoms with Gasteiger partial charge in [0.25, 0.3) is 5.91 Å². The molecule has 3 rings (SSSR count). The van der Waals surface area contributed by atoms with Gasteiger partial charge in [-0.1, -0.05) is 71.5 Å². The summed E-state index contributed by atoms with van der Waals surface area (Å²) in [4.78, 5) is 14.5. The second kappa shape index (κ2) is 8.93. The zero-order valence-electron chi connectivity index (χ0n) is 14.2. The molecule has 0 unspecified atom stereocenters. The van der Waals surface area contributed by atoms with Crippen LogP contribution >= 0.6 is 47.2 Å². The molecule has 0 N–H and O–H groups in total. The number of halogens is 2. The van der Waals surface area contributed by atoms with Crippen LogP contribution in [0.3, 0.4) is 0 Å². The number of carbonyl (C=O) groups excluding carboxylic acids is 1. The summed E-state index contributed by atoms with van der Waals surface area (Å²) < 4.78 is 6.37. The maximum atomic E-state index is 12.4. The minimum Gasteiger partial charge on any atom is -0.489 e. The van der Waals surface area contributed by atoms with Crippen molar-refractivity contribution in [2.24, 2.45) is 0 Å². The average Bonchev–Trinajstić information content (AvgIpc) is 2.91. The van der Waals surface area contributed by atoms with Crippen molar-refractivity contribution in [3.63, 3.8) is 0 Å². The van der Waals surface area contributed by atoms with Gasteiger partial charge in [-0.3, -0.25) is 9.69 Å². The highest BCUT2D eigenvalue weighted by Crippen LogP contribution is 2.33. The summed E-state index contributed by atoms with van der Waals surface area (Å²) in [5, 5.41) is 1.00. The molecular weight excluding hydrogens is 421 g/mol. The number of rotatable bonds is 6. The Balaban J connectivity index is 1.72. The predicted octanol–water partition coefficient (Wildman–Crippen LogP) is 5.96. The molecule has 1 heterocycles. The fourth-order valence-corrected chi connectivity index (χ4v) is 4.02. The molecule has 0 saturated carbocycles. The molecule has 0 spiro atoms. The normalized spacial score (nSPS) is 15.5. The molecule has 0 radical (unpaired) electrons. The molecule has 0 aromatic heterocycles. The molecule has 1 aliphatic rings. The fourth-order valence-electron chi connectivity index (χ4n) is 2.43. The SMILES string of the molecule is C=CCN1C(=O)/C(=C\c2cccc(OCc3ccc(Cl)c(Cl)c3)c2)SC1=S. The summed E-state index contributed by atoms with van der Waals surface area (Å²) in [5.41, 5.74) is 1.78. The highest BCUT2D eigenvalue weighted by molar-refractivity contribution is 8.26. The van der Waals surface area contributed by atoms with Crippen LogP contribution in [0.1, 0.15) is 11.1 Å². The minimum atomic E-state index is -0.105. The van der Waals surface area contributed by atoms with E-state index >= 15 is 0 Å². The summed E-state index contributed by atoms with van der Waals surface area (Å²) in [7, 11) is 0. The number of ether oxygens (including phenoxy) is 1. The minimum absolute atomic E-state index is 0.105. The highest BCUT2D eigenvalue weighted by atomic mass is 35.5. The van der Waals surface area contributed by atoms with Crippen LogP contribution < -0.4 is 4.74 Å². The van der Waals surface area contributed by atoms with Gasteiger partial charge in [-0.25, -0.2) is 0 Å². The monoisotopic (exact) mass is 435 g/mol. The molecule has 0 atom stereocenters. The number of hydrogen-bond acceptors (Lipinski definition) is 4. The van der Waals surface area contributed by atoms with Crippen LogP contribution in [-0.4, -0.2) is 21.7 Å². The first-order valence-corrected chi connectivity index (χ1v) is 9.99. The van der Waals surface area contributed by atoms with Crippen molar-refractivity contribution in [3.05, 3.63) is 81.2 Å². The molecule has 0 aliphatic carbocycles. The van der Waals surface area contributed by atoms with E-state index in [1.54, 1.807) is 18.2 Å². The first-order chi connectivity index (χ1) is 13.0. The topological polar surface area (TPSA) is 29.5 Å². The van der Waals surface area contributed by atoms with Gasteiger partial charge in [0.2, 0.25) is 0 Å². The van der Waals surface area contributed by atoms with Crippen LogP contribution in [0.15, 0.2) is 60.0 Å². The van der Waals surface area contributed by atoms with Crippen molar-refractivity contribution in [1.82, 2.24) is 4.90 Å². The molecule has 27 heavy (non-hydrogen) atoms. The van der Waals surface area contributed by atoms with Gasteiger partial charge in [0.1, 0.15) is 16.7 Å². The van der Waals surface area contributed by atoms with Crippen LogP contribution in [0.2, 0.25) is 10.0 Å². The van der Waals surface area contributed by atoms with Crippen LogP contribution in [0, 0.1) is 0 Å². The molecule has 138 valence electrons. The van der Waals surface area contributed by atoms with Gasteiger partial charge in [0.15, 0.2) is 0 Å². The summed E-state index contributed by atoms with van der Waals surface area (Å²) >= 11 is 18.5. The van der Waals surface area contributed by atoms with E-state index < -0.39 is 0 Å². The van der Waals surface area contributed by atoms with E-state index in [0.29, 0.717) is 38.2 Å². The Kier molecular flexibility index (Phi) is 6.60. The van der Waals surface area contributed by atoms with Crippen LogP contribution in [0.5, 0.6) is 5.75 Å². The van der Waals surface area contributed by atoms with E-state index in [-0.39, 0.29) is 5.91 Å². The van der Waals surface area contributed by atoms with Gasteiger partial charge >= 0.3 is 0 Å². The maximum absolute atomic E-state index is 12.4. The van der Waals surface area contributed by atoms with Gasteiger partial charge < -0.3 is 4.74 Å². The van der Waals surface area contributed by atoms with E-state index in [0.717, 1.165) is 11.1 Å². The fraction of sp³-hybridized carbons (Fsp3) is 0.100. The zero-order valence-corrected chi connectivity index (χ0v) is 17.3. The lowest BCUT2D eigenvalue weighted by molar-refractivity contribution is -0.121. The number of nitrogens with zero attached hydrogens (tertiary/aromatic N) is 1. The van der Waals surface area contributed by atoms with E-state index in [1.807, 2.05) is 36.4 Å². The second-order valence-corrected chi connectivity index (χ2v) is 8.18. The third-order valence-corrected chi connectivity index (χ3v) is 5.85. The van der Waals surface area contributed by atoms with Gasteiger partial charge in [-0.05, 0) is 41.5 Å². The zero-order chi connectivity index (χ0) is 19.4. The molecule has 1 fully saturated rings. The predicted molar refractivity (Wildman–Crippen MR) is 117 cm³/mol. The van der Waals surface area contributed by atoms with Crippen molar-refractivity contribution in [2.75, 3.05) is 6.54 Å². The third-order valence-electron chi connectivity index (χ3n) is 3.73. The Morgan fingerprint density at radius 1 is 1.19 bits per heavy atom. The van der Waals surface area contributed by atoms with Gasteiger partial charge in [0, 0.05) is 6.54 Å². The lowest BCUT2D eigenvalue weighted by Gasteiger charge is -2.10. The molecule has 1 saturated heterocycles. The van der Waals surface area contributed by atoms with Crippen LogP contribution in [-0.2, 0) is 11.4 Å². The average molecular weight is 436 g/mol. The molecule has 0 bridgehead atoms. The van der Waals surface area contributed by atoms with Gasteiger partial charge in [0.05, 0.1) is 15.0 Å². The third kappa shape index (κ3) is 4.93. The Morgan fingerprint density at radius 2 is 2.00 bits per heavy atom. The van der Waals surface area contributed by atoms with Gasteiger partial charge in [-0.15, -0.1) is 6.58 Å². The number of amides is 1. The van der Waals surface area contributed by atoms with Crippen molar-refractivity contribution < 1.29 is 9.53 Å². The molecule has 7 heteroatoms. The van der Waals surface area contributed by atoms with Crippen LogP contribution in [0.25, 0.3) is 6.08 Å². The van der Waals surface area contributed by atoms with Crippen molar-refractivity contribution >= 4 is 63.5 Å². The largest absolute Gasteiger partial charge is 0.489 e. The van der Waals surface area contributed by atoms with E-state index in [2.05, 4.69) is 6.58 Å². The Morgan fingerprint density at radius 3 is 2.74 bits per heavy atom. The van der Waals surface area contributed by atoms with Crippen molar-refractivity contribution in [1.29, 1.82) is 0 Å². The number of thioether (sulfide) groups is 1. The lowest BCUT2D eigenvalue weighted by atomic mass is 10.2. The molecule has 3 nitrogen and oxygen atoms in total. The number of hydrogen-bond donors (Lipinski definition) is 0. The summed E-state index contributed by atoms with van der Waals surface area (Å²) in [5.74, 6) is 0.587. The molecule has 2 aromatic rings. The first-order valence-electron chi connectivity index (χ1n) is 8.01. The van der Waals surface area contributed by atoms with E-state index in [4.69, 9.17) is 40.2 Å². The standard InChI is InChI=1S/C20H15Cl2NO2S2/c1-2-8-23-19(24)18(27-20(23)26)11-13-4-3-5-15(9-13)25-12-14-6-7-16(21)17(22)10-14/h2-7,9-11H,1,8,12H2/b18-11+. The van der Waals surface area contributed by atoms with E-state index in [1.165, 1.54) is 16.7 Å². The number of benzene rings is 2. The van der Waals surface area contributed by atoms with Crippen LogP contribution in [0.4, 0.5) is 0 Å². The Bertz CT molecular complexity index is 943. The number of thiocarbonyl (C=S) groups is 1. The summed E-state index contributed by atoms with van der Waals surface area (Å²) in [6, 6.07) is 12.9. The van der Waals surface area contributed by atoms with Crippen molar-refractivity contribution in [2.45, 2.75) is 6.61 Å². The Hall–Kier alpha value is -1.79. The smallest absolute Gasteiger partial charge is 0.266 e. The lowest BCUT2D eigenvalue weighted by Crippen LogP contribution is -2.27. The summed E-state index contributed by atoms with van der Waals surface area (Å²) in [6.07, 6.45) is 3.47. The second-order valence-electron chi connectivity index (χ2n) is 5.69. The summed E-state index contributed by atoms with van der Waals surface area (Å²) in [6.45, 7) is 4.43. The molecule has 2 aromatic carbocycles. The van der Waals surface area contributed by atoms with Crippen molar-refractivity contribution in [3.8, 4) is 5.75 Å². The molecular formula is C20H15Cl2NO2S2. The quantitative estimate of drug-likeness (QED) is 0.318. The molecule has 1 amide bonds. The molecule has 1 aliphatic heterocycles. The van der Waals surface area contributed by atoms with Gasteiger partial charge in [-0.2, -0.15) is 0 Å². The maximum Gasteiger partial charge on any atom is 0.266 e. The Labute approximate surface area is 177 Å². The number of carbonyl (C=O) groups is 1. The van der Waals surface area contributed by atoms with E-state index in [9.17, 15) is 4.79 Å².